The highest BCUT2D eigenvalue weighted by Crippen LogP contribution is 1.90. The molecule has 1 nitrogen and oxygen atoms in total. The van der Waals surface area contributed by atoms with Gasteiger partial charge in [-0.1, -0.05) is 5.92 Å². The standard InChI is InChI=1S/C5H5NS/c1-2-3-4-7-5-6/h4H2,1H3. The first kappa shape index (κ1) is 6.40. The third-order valence-corrected chi connectivity index (χ3v) is 0.803. The second-order valence-corrected chi connectivity index (χ2v) is 1.57. The van der Waals surface area contributed by atoms with Crippen LogP contribution in [0.4, 0.5) is 0 Å². The molecule has 0 rings (SSSR count). The van der Waals surface area contributed by atoms with Crippen molar-refractivity contribution in [1.29, 1.82) is 5.26 Å². The van der Waals surface area contributed by atoms with E-state index < -0.39 is 0 Å². The van der Waals surface area contributed by atoms with E-state index >= 15 is 0 Å². The van der Waals surface area contributed by atoms with Gasteiger partial charge in [0.25, 0.3) is 0 Å². The summed E-state index contributed by atoms with van der Waals surface area (Å²) in [4.78, 5) is 0. The van der Waals surface area contributed by atoms with Crippen LogP contribution in [0.5, 0.6) is 0 Å². The maximum Gasteiger partial charge on any atom is 0.134 e. The molecule has 0 aliphatic heterocycles. The van der Waals surface area contributed by atoms with Gasteiger partial charge in [-0.05, 0) is 18.7 Å². The van der Waals surface area contributed by atoms with Gasteiger partial charge in [0.15, 0.2) is 0 Å². The van der Waals surface area contributed by atoms with E-state index in [0.29, 0.717) is 5.75 Å². The molecule has 0 saturated carbocycles. The van der Waals surface area contributed by atoms with Crippen LogP contribution < -0.4 is 0 Å². The van der Waals surface area contributed by atoms with Gasteiger partial charge in [-0.15, -0.1) is 5.92 Å². The largest absolute Gasteiger partial charge is 0.185 e. The van der Waals surface area contributed by atoms with Gasteiger partial charge in [-0.3, -0.25) is 0 Å². The summed E-state index contributed by atoms with van der Waals surface area (Å²) in [6.07, 6.45) is 0. The average molecular weight is 111 g/mol. The zero-order chi connectivity index (χ0) is 5.54. The zero-order valence-electron chi connectivity index (χ0n) is 4.06. The Morgan fingerprint density at radius 2 is 2.43 bits per heavy atom. The Bertz CT molecular complexity index is 123. The van der Waals surface area contributed by atoms with Crippen molar-refractivity contribution in [3.05, 3.63) is 0 Å². The van der Waals surface area contributed by atoms with Crippen LogP contribution >= 0.6 is 11.8 Å². The zero-order valence-corrected chi connectivity index (χ0v) is 4.88. The lowest BCUT2D eigenvalue weighted by atomic mass is 10.7. The molecule has 0 aliphatic rings. The molecule has 0 amide bonds. The lowest BCUT2D eigenvalue weighted by molar-refractivity contribution is 1.57. The normalized spacial score (nSPS) is 5.71. The molecule has 0 saturated heterocycles. The van der Waals surface area contributed by atoms with Crippen LogP contribution in [0.2, 0.25) is 0 Å². The highest BCUT2D eigenvalue weighted by Gasteiger charge is 1.71. The van der Waals surface area contributed by atoms with Gasteiger partial charge in [0.2, 0.25) is 0 Å². The number of nitriles is 1. The third-order valence-electron chi connectivity index (χ3n) is 0.386. The van der Waals surface area contributed by atoms with Crippen molar-refractivity contribution >= 4 is 11.8 Å². The first-order chi connectivity index (χ1) is 3.41. The van der Waals surface area contributed by atoms with Gasteiger partial charge in [0.1, 0.15) is 5.40 Å². The SMILES string of the molecule is CC#CCSC#N. The Kier molecular flexibility index (Phi) is 4.94. The topological polar surface area (TPSA) is 23.8 Å². The van der Waals surface area contributed by atoms with Crippen LogP contribution in [0.25, 0.3) is 0 Å². The molecular weight excluding hydrogens is 106 g/mol. The summed E-state index contributed by atoms with van der Waals surface area (Å²) in [7, 11) is 0. The van der Waals surface area contributed by atoms with Crippen molar-refractivity contribution in [3.8, 4) is 17.2 Å². The molecule has 0 atom stereocenters. The van der Waals surface area contributed by atoms with Gasteiger partial charge >= 0.3 is 0 Å². The van der Waals surface area contributed by atoms with Gasteiger partial charge < -0.3 is 0 Å². The van der Waals surface area contributed by atoms with Gasteiger partial charge in [0, 0.05) is 0 Å². The average Bonchev–Trinajstić information content (AvgIpc) is 1.69. The second-order valence-electron chi connectivity index (χ2n) is 0.807. The Labute approximate surface area is 47.7 Å². The van der Waals surface area contributed by atoms with E-state index in [1.165, 1.54) is 0 Å². The van der Waals surface area contributed by atoms with Crippen molar-refractivity contribution in [3.63, 3.8) is 0 Å². The van der Waals surface area contributed by atoms with E-state index in [1.54, 1.807) is 6.92 Å². The van der Waals surface area contributed by atoms with Crippen molar-refractivity contribution < 1.29 is 0 Å². The predicted octanol–water partition coefficient (Wildman–Crippen LogP) is 1.22. The Morgan fingerprint density at radius 3 is 2.86 bits per heavy atom. The smallest absolute Gasteiger partial charge is 0.134 e. The first-order valence-corrected chi connectivity index (χ1v) is 2.81. The van der Waals surface area contributed by atoms with E-state index in [1.807, 2.05) is 5.40 Å². The minimum absolute atomic E-state index is 0.632. The van der Waals surface area contributed by atoms with Crippen LogP contribution in [0, 0.1) is 22.5 Å². The quantitative estimate of drug-likeness (QED) is 0.288. The molecule has 0 N–H and O–H groups in total. The van der Waals surface area contributed by atoms with E-state index in [2.05, 4.69) is 11.8 Å². The molecule has 0 heterocycles. The van der Waals surface area contributed by atoms with Crippen molar-refractivity contribution in [2.75, 3.05) is 5.75 Å². The Morgan fingerprint density at radius 1 is 1.71 bits per heavy atom. The molecule has 0 aromatic carbocycles. The fourth-order valence-corrected chi connectivity index (χ4v) is 0.422. The first-order valence-electron chi connectivity index (χ1n) is 1.82. The van der Waals surface area contributed by atoms with Crippen molar-refractivity contribution in [2.45, 2.75) is 6.92 Å². The van der Waals surface area contributed by atoms with Crippen LogP contribution in [-0.4, -0.2) is 5.75 Å². The molecule has 36 valence electrons. The lowest BCUT2D eigenvalue weighted by Crippen LogP contribution is -1.61. The third kappa shape index (κ3) is 5.40. The highest BCUT2D eigenvalue weighted by molar-refractivity contribution is 8.03. The molecule has 0 aliphatic carbocycles. The number of nitrogens with zero attached hydrogens (tertiary/aromatic N) is 1. The summed E-state index contributed by atoms with van der Waals surface area (Å²) in [5, 5.41) is 9.85. The predicted molar refractivity (Wildman–Crippen MR) is 31.5 cm³/mol. The number of thiocyanates is 1. The van der Waals surface area contributed by atoms with Crippen molar-refractivity contribution in [2.24, 2.45) is 0 Å². The molecule has 0 radical (unpaired) electrons. The van der Waals surface area contributed by atoms with Crippen LogP contribution in [0.3, 0.4) is 0 Å². The second kappa shape index (κ2) is 5.40. The molecule has 7 heavy (non-hydrogen) atoms. The molecule has 0 aromatic heterocycles. The summed E-state index contributed by atoms with van der Waals surface area (Å²) in [6, 6.07) is 0. The van der Waals surface area contributed by atoms with Gasteiger partial charge in [0.05, 0.1) is 5.75 Å². The molecule has 0 bridgehead atoms. The van der Waals surface area contributed by atoms with Crippen LogP contribution in [0.15, 0.2) is 0 Å². The van der Waals surface area contributed by atoms with Crippen LogP contribution in [0.1, 0.15) is 6.92 Å². The highest BCUT2D eigenvalue weighted by atomic mass is 32.2. The number of thioether (sulfide) groups is 1. The fourth-order valence-electron chi connectivity index (χ4n) is 0.141. The van der Waals surface area contributed by atoms with Gasteiger partial charge in [-0.2, -0.15) is 5.26 Å². The lowest BCUT2D eigenvalue weighted by Gasteiger charge is -1.69. The molecule has 2 heteroatoms. The number of rotatable bonds is 1. The summed E-state index contributed by atoms with van der Waals surface area (Å²) >= 11 is 1.16. The Balaban J connectivity index is 2.98. The molecule has 0 aromatic rings. The number of hydrogen-bond acceptors (Lipinski definition) is 2. The van der Waals surface area contributed by atoms with E-state index in [4.69, 9.17) is 5.26 Å². The number of hydrogen-bond donors (Lipinski definition) is 0. The van der Waals surface area contributed by atoms with Crippen molar-refractivity contribution in [1.82, 2.24) is 0 Å². The summed E-state index contributed by atoms with van der Waals surface area (Å²) in [5.41, 5.74) is 0. The molecule has 0 unspecified atom stereocenters. The maximum absolute atomic E-state index is 7.94. The minimum atomic E-state index is 0.632. The fraction of sp³-hybridized carbons (Fsp3) is 0.400. The van der Waals surface area contributed by atoms with E-state index in [-0.39, 0.29) is 0 Å². The maximum atomic E-state index is 7.94. The molecule has 0 fully saturated rings. The monoisotopic (exact) mass is 111 g/mol. The summed E-state index contributed by atoms with van der Waals surface area (Å²) in [6.45, 7) is 1.76. The molecule has 0 spiro atoms. The Hall–Kier alpha value is -0.600. The summed E-state index contributed by atoms with van der Waals surface area (Å²) in [5.74, 6) is 6.05. The van der Waals surface area contributed by atoms with E-state index in [9.17, 15) is 0 Å². The minimum Gasteiger partial charge on any atom is -0.185 e. The summed E-state index contributed by atoms with van der Waals surface area (Å²) < 4.78 is 0. The van der Waals surface area contributed by atoms with Gasteiger partial charge in [-0.25, -0.2) is 0 Å². The van der Waals surface area contributed by atoms with Crippen LogP contribution in [-0.2, 0) is 0 Å². The van der Waals surface area contributed by atoms with E-state index in [0.717, 1.165) is 11.8 Å². The molecular formula is C5H5NS.